The van der Waals surface area contributed by atoms with E-state index in [4.69, 9.17) is 0 Å². The first-order chi connectivity index (χ1) is 6.39. The van der Waals surface area contributed by atoms with E-state index in [2.05, 4.69) is 27.6 Å². The van der Waals surface area contributed by atoms with Gasteiger partial charge in [0, 0.05) is 0 Å². The second-order valence-corrected chi connectivity index (χ2v) is 4.32. The van der Waals surface area contributed by atoms with Crippen molar-refractivity contribution >= 4 is 5.97 Å². The van der Waals surface area contributed by atoms with Crippen molar-refractivity contribution in [3.63, 3.8) is 0 Å². The van der Waals surface area contributed by atoms with E-state index in [9.17, 15) is 9.90 Å². The molecular formula is C11H21NO2. The Kier molecular flexibility index (Phi) is 5.46. The van der Waals surface area contributed by atoms with Gasteiger partial charge in [-0.25, -0.2) is 0 Å². The molecule has 0 aliphatic carbocycles. The van der Waals surface area contributed by atoms with Crippen LogP contribution in [-0.4, -0.2) is 37.6 Å². The molecule has 0 aliphatic rings. The highest BCUT2D eigenvalue weighted by atomic mass is 16.4. The van der Waals surface area contributed by atoms with Crippen LogP contribution in [0.1, 0.15) is 26.2 Å². The van der Waals surface area contributed by atoms with Crippen LogP contribution in [0.3, 0.4) is 0 Å². The quantitative estimate of drug-likeness (QED) is 0.341. The minimum absolute atomic E-state index is 0.215. The monoisotopic (exact) mass is 199 g/mol. The highest BCUT2D eigenvalue weighted by Gasteiger charge is 2.10. The predicted octanol–water partition coefficient (Wildman–Crippen LogP) is 0.559. The van der Waals surface area contributed by atoms with Gasteiger partial charge in [0.15, 0.2) is 0 Å². The van der Waals surface area contributed by atoms with E-state index < -0.39 is 5.97 Å². The fourth-order valence-electron chi connectivity index (χ4n) is 1.14. The number of unbranched alkanes of at least 4 members (excludes halogenated alkanes) is 1. The van der Waals surface area contributed by atoms with Gasteiger partial charge in [0.2, 0.25) is 0 Å². The van der Waals surface area contributed by atoms with E-state index in [1.165, 1.54) is 0 Å². The third-order valence-electron chi connectivity index (χ3n) is 2.64. The standard InChI is InChI=1S/C11H21NO2/c1-5-12(3,4)9-7-6-8-10(2)11(13)14/h2,5-9H2,1,3-4H3. The molecule has 0 unspecified atom stereocenters. The summed E-state index contributed by atoms with van der Waals surface area (Å²) < 4.78 is 0.984. The topological polar surface area (TPSA) is 40.1 Å². The third kappa shape index (κ3) is 5.75. The first-order valence-electron chi connectivity index (χ1n) is 5.10. The van der Waals surface area contributed by atoms with Crippen molar-refractivity contribution in [1.29, 1.82) is 0 Å². The molecule has 3 heteroatoms. The highest BCUT2D eigenvalue weighted by Crippen LogP contribution is 2.07. The molecule has 0 aromatic heterocycles. The van der Waals surface area contributed by atoms with Crippen LogP contribution < -0.4 is 5.11 Å². The second-order valence-electron chi connectivity index (χ2n) is 4.32. The van der Waals surface area contributed by atoms with Gasteiger partial charge in [-0.15, -0.1) is 0 Å². The van der Waals surface area contributed by atoms with Gasteiger partial charge in [-0.2, -0.15) is 0 Å². The molecule has 0 aromatic carbocycles. The fourth-order valence-corrected chi connectivity index (χ4v) is 1.14. The molecule has 0 amide bonds. The predicted molar refractivity (Wildman–Crippen MR) is 55.5 cm³/mol. The van der Waals surface area contributed by atoms with Crippen molar-refractivity contribution in [1.82, 2.24) is 0 Å². The van der Waals surface area contributed by atoms with Crippen molar-refractivity contribution in [3.05, 3.63) is 12.2 Å². The summed E-state index contributed by atoms with van der Waals surface area (Å²) in [5.74, 6) is -1.12. The van der Waals surface area contributed by atoms with Crippen LogP contribution in [0.15, 0.2) is 12.2 Å². The molecule has 0 heterocycles. The Labute approximate surface area is 86.6 Å². The first kappa shape index (κ1) is 13.2. The number of hydrogen-bond donors (Lipinski definition) is 0. The summed E-state index contributed by atoms with van der Waals surface area (Å²) >= 11 is 0. The van der Waals surface area contributed by atoms with E-state index in [0.29, 0.717) is 6.42 Å². The van der Waals surface area contributed by atoms with Crippen LogP contribution in [-0.2, 0) is 4.79 Å². The minimum atomic E-state index is -1.12. The van der Waals surface area contributed by atoms with Gasteiger partial charge >= 0.3 is 0 Å². The van der Waals surface area contributed by atoms with E-state index in [1.54, 1.807) is 0 Å². The summed E-state index contributed by atoms with van der Waals surface area (Å²) in [6.07, 6.45) is 2.47. The van der Waals surface area contributed by atoms with Crippen LogP contribution in [0.2, 0.25) is 0 Å². The molecule has 0 bridgehead atoms. The third-order valence-corrected chi connectivity index (χ3v) is 2.64. The lowest BCUT2D eigenvalue weighted by Crippen LogP contribution is -2.39. The van der Waals surface area contributed by atoms with E-state index in [-0.39, 0.29) is 5.57 Å². The molecule has 0 atom stereocenters. The number of carboxylic acid groups (broad SMARTS) is 1. The summed E-state index contributed by atoms with van der Waals surface area (Å²) in [4.78, 5) is 10.3. The molecule has 0 saturated heterocycles. The van der Waals surface area contributed by atoms with E-state index in [1.807, 2.05) is 0 Å². The summed E-state index contributed by atoms with van der Waals surface area (Å²) in [6.45, 7) is 7.77. The Balaban J connectivity index is 3.57. The largest absolute Gasteiger partial charge is 0.545 e. The molecule has 0 rings (SSSR count). The lowest BCUT2D eigenvalue weighted by Gasteiger charge is -2.28. The van der Waals surface area contributed by atoms with Crippen LogP contribution >= 0.6 is 0 Å². The number of carbonyl (C=O) groups is 1. The minimum Gasteiger partial charge on any atom is -0.545 e. The zero-order valence-corrected chi connectivity index (χ0v) is 9.51. The molecule has 0 radical (unpaired) electrons. The maximum atomic E-state index is 10.3. The van der Waals surface area contributed by atoms with Crippen LogP contribution in [0.4, 0.5) is 0 Å². The fraction of sp³-hybridized carbons (Fsp3) is 0.727. The Hall–Kier alpha value is -0.830. The van der Waals surface area contributed by atoms with E-state index >= 15 is 0 Å². The molecule has 0 N–H and O–H groups in total. The van der Waals surface area contributed by atoms with Crippen molar-refractivity contribution < 1.29 is 14.4 Å². The Morgan fingerprint density at radius 3 is 2.36 bits per heavy atom. The molecule has 14 heavy (non-hydrogen) atoms. The van der Waals surface area contributed by atoms with Crippen LogP contribution in [0.25, 0.3) is 0 Å². The Morgan fingerprint density at radius 2 is 1.93 bits per heavy atom. The van der Waals surface area contributed by atoms with Crippen LogP contribution in [0, 0.1) is 0 Å². The average Bonchev–Trinajstić information content (AvgIpc) is 2.12. The van der Waals surface area contributed by atoms with Crippen molar-refractivity contribution in [2.24, 2.45) is 0 Å². The molecule has 0 spiro atoms. The zero-order valence-electron chi connectivity index (χ0n) is 9.51. The molecule has 0 fully saturated rings. The SMILES string of the molecule is C=C(CCCC[N+](C)(C)CC)C(=O)[O-]. The summed E-state index contributed by atoms with van der Waals surface area (Å²) in [7, 11) is 4.35. The van der Waals surface area contributed by atoms with Gasteiger partial charge in [-0.3, -0.25) is 0 Å². The highest BCUT2D eigenvalue weighted by molar-refractivity contribution is 5.83. The normalized spacial score (nSPS) is 11.4. The number of quaternary nitrogens is 1. The average molecular weight is 199 g/mol. The van der Waals surface area contributed by atoms with Gasteiger partial charge < -0.3 is 14.4 Å². The maximum Gasteiger partial charge on any atom is 0.0782 e. The molecule has 0 saturated carbocycles. The summed E-state index contributed by atoms with van der Waals surface area (Å²) in [6, 6.07) is 0. The summed E-state index contributed by atoms with van der Waals surface area (Å²) in [5, 5.41) is 10.3. The van der Waals surface area contributed by atoms with Gasteiger partial charge in [0.25, 0.3) is 0 Å². The van der Waals surface area contributed by atoms with Gasteiger partial charge in [0.05, 0.1) is 33.2 Å². The molecule has 0 aromatic rings. The number of hydrogen-bond acceptors (Lipinski definition) is 2. The molecule has 3 nitrogen and oxygen atoms in total. The molecule has 0 aliphatic heterocycles. The van der Waals surface area contributed by atoms with Crippen molar-refractivity contribution in [2.45, 2.75) is 26.2 Å². The smallest absolute Gasteiger partial charge is 0.0782 e. The number of aliphatic carboxylic acids is 1. The Bertz CT molecular complexity index is 209. The lowest BCUT2D eigenvalue weighted by atomic mass is 10.1. The zero-order chi connectivity index (χ0) is 11.2. The number of carbonyl (C=O) groups excluding carboxylic acids is 1. The maximum absolute atomic E-state index is 10.3. The number of nitrogens with zero attached hydrogens (tertiary/aromatic N) is 1. The van der Waals surface area contributed by atoms with Gasteiger partial charge in [-0.05, 0) is 31.8 Å². The van der Waals surface area contributed by atoms with Gasteiger partial charge in [-0.1, -0.05) is 6.58 Å². The first-order valence-corrected chi connectivity index (χ1v) is 5.10. The lowest BCUT2D eigenvalue weighted by molar-refractivity contribution is -0.888. The van der Waals surface area contributed by atoms with E-state index in [0.717, 1.165) is 30.4 Å². The summed E-state index contributed by atoms with van der Waals surface area (Å²) in [5.41, 5.74) is 0.215. The number of carboxylic acids is 1. The van der Waals surface area contributed by atoms with Crippen LogP contribution in [0.5, 0.6) is 0 Å². The van der Waals surface area contributed by atoms with Crippen molar-refractivity contribution in [2.75, 3.05) is 27.2 Å². The van der Waals surface area contributed by atoms with Crippen molar-refractivity contribution in [3.8, 4) is 0 Å². The molecule has 82 valence electrons. The Morgan fingerprint density at radius 1 is 1.36 bits per heavy atom. The second kappa shape index (κ2) is 5.81. The molecular weight excluding hydrogens is 178 g/mol. The van der Waals surface area contributed by atoms with Gasteiger partial charge in [0.1, 0.15) is 0 Å². The number of rotatable bonds is 7.